The van der Waals surface area contributed by atoms with Crippen molar-refractivity contribution in [3.05, 3.63) is 60.7 Å². The van der Waals surface area contributed by atoms with Crippen molar-refractivity contribution in [1.82, 2.24) is 60.3 Å². The number of fused-ring (bicyclic) bond motifs is 2. The van der Waals surface area contributed by atoms with Gasteiger partial charge in [0.2, 0.25) is 23.6 Å². The molecule has 14 unspecified atom stereocenters. The number of ether oxygens (including phenoxy) is 2. The zero-order valence-corrected chi connectivity index (χ0v) is 70.7. The van der Waals surface area contributed by atoms with Crippen molar-refractivity contribution < 1.29 is 161 Å². The van der Waals surface area contributed by atoms with E-state index in [0.717, 1.165) is 84.1 Å². The minimum atomic E-state index is -5.65. The van der Waals surface area contributed by atoms with Crippen LogP contribution in [0.5, 0.6) is 0 Å². The van der Waals surface area contributed by atoms with Gasteiger partial charge in [-0.15, -0.1) is 0 Å². The summed E-state index contributed by atoms with van der Waals surface area (Å²) in [4.78, 5) is 180. The second kappa shape index (κ2) is 41.2. The number of aliphatic hydroxyl groups excluding tert-OH is 4. The van der Waals surface area contributed by atoms with Gasteiger partial charge in [-0.05, 0) is 60.5 Å². The van der Waals surface area contributed by atoms with E-state index in [-0.39, 0.29) is 121 Å². The molecular weight excluding hydrogens is 1690 g/mol. The van der Waals surface area contributed by atoms with E-state index in [9.17, 15) is 116 Å². The Hall–Kier alpha value is -6.36. The molecule has 2 saturated heterocycles. The van der Waals surface area contributed by atoms with Crippen LogP contribution in [0.1, 0.15) is 143 Å². The molecular formula is C64H102N14O34P6. The van der Waals surface area contributed by atoms with Crippen LogP contribution < -0.4 is 32.7 Å². The van der Waals surface area contributed by atoms with Gasteiger partial charge in [0, 0.05) is 75.5 Å². The molecule has 2 aliphatic heterocycles. The number of amides is 4. The van der Waals surface area contributed by atoms with Crippen LogP contribution in [-0.4, -0.2) is 235 Å². The Bertz CT molecular complexity index is 4360. The standard InChI is InChI=1S/C64H102N14O34P6/c1-61(2,27-39(79)16-22-67-43(81)18-24-69-57(87)51(85)63(5,6)31-105-117(99,100)111-115(95,96)103-29-41-49(109-113(89,90)91)47(83)59(107-41)77-35-75-45-53(65)71-33-73-55(45)77)20-10-14-37-12-9-13-38(26-37)15-11-21-62(3,4)28-40(80)17-23-68-44(82)19-25-70-58(88)52(86)64(7,8)32-106-118(101,102)112-116(97,98)104-30-42-50(110-114(92,93)94)48(84)60(108-42)78-36-76-46-54(66)72-34-74-56(46)78/h9,12-13,26,33-36,41-42,47-52,59-60,83-86H,10-11,14-25,27-32H2,1-8H3,(H,67,81)(H,68,82)(H,69,87)(H,70,88)(H,95,96)(H,97,98)(H,99,100)(H,101,102)(H2,65,71,73)(H2,66,72,74)(H2,89,90,91)(H2,92,93,94). The summed E-state index contributed by atoms with van der Waals surface area (Å²) in [7, 11) is -33.2. The van der Waals surface area contributed by atoms with Crippen molar-refractivity contribution in [2.75, 3.05) is 64.1 Å². The fraction of sp³-hybridized carbons (Fsp3) is 0.656. The van der Waals surface area contributed by atoms with E-state index < -0.39 is 169 Å². The number of nitrogens with zero attached hydrogens (tertiary/aromatic N) is 8. The van der Waals surface area contributed by atoms with E-state index in [1.165, 1.54) is 27.7 Å². The number of carbonyl (C=O) groups is 6. The number of nitrogens with two attached hydrogens (primary N) is 2. The number of aliphatic hydroxyl groups is 4. The number of carbonyl (C=O) groups excluding carboxylic acids is 6. The predicted molar refractivity (Wildman–Crippen MR) is 408 cm³/mol. The molecule has 4 aromatic heterocycles. The third-order valence-corrected chi connectivity index (χ3v) is 24.8. The van der Waals surface area contributed by atoms with Gasteiger partial charge in [-0.3, -0.25) is 65.0 Å². The fourth-order valence-electron chi connectivity index (χ4n) is 12.5. The Kier molecular flexibility index (Phi) is 34.5. The Labute approximate surface area is 674 Å². The van der Waals surface area contributed by atoms with Gasteiger partial charge in [0.15, 0.2) is 35.4 Å². The monoisotopic (exact) mass is 1800 g/mol. The summed E-state index contributed by atoms with van der Waals surface area (Å²) in [6, 6.07) is 8.16. The number of anilines is 2. The van der Waals surface area contributed by atoms with E-state index in [4.69, 9.17) is 39.0 Å². The third-order valence-electron chi connectivity index (χ3n) is 18.6. The second-order valence-corrected chi connectivity index (χ2v) is 39.4. The van der Waals surface area contributed by atoms with Crippen LogP contribution in [0.4, 0.5) is 11.6 Å². The summed E-state index contributed by atoms with van der Waals surface area (Å²) in [5.74, 6) is -3.43. The molecule has 662 valence electrons. The smallest absolute Gasteiger partial charge is 0.386 e. The van der Waals surface area contributed by atoms with Gasteiger partial charge >= 0.3 is 46.9 Å². The minimum Gasteiger partial charge on any atom is -0.386 e. The van der Waals surface area contributed by atoms with Gasteiger partial charge in [-0.1, -0.05) is 79.7 Å². The Morgan fingerprint density at radius 2 is 0.856 bits per heavy atom. The molecule has 2 fully saturated rings. The van der Waals surface area contributed by atoms with Gasteiger partial charge in [0.25, 0.3) is 0 Å². The minimum absolute atomic E-state index is 0.00283. The Morgan fingerprint density at radius 1 is 0.508 bits per heavy atom. The number of hydrogen-bond acceptors (Lipinski definition) is 34. The largest absolute Gasteiger partial charge is 0.481 e. The first-order valence-electron chi connectivity index (χ1n) is 36.5. The van der Waals surface area contributed by atoms with Crippen molar-refractivity contribution in [3.63, 3.8) is 0 Å². The van der Waals surface area contributed by atoms with Crippen molar-refractivity contribution in [1.29, 1.82) is 0 Å². The SMILES string of the molecule is CC(C)(CCCc1cccc(CCCC(C)(C)CC(=O)CCNC(=O)CCNC(=O)C(O)C(C)(C)COP(=O)(O)OP(=O)(O)OCC2OC(n3cnc4c(N)ncnc43)C(O)C2OP(=O)(O)O)c1)CC(=O)CCNC(=O)CCNC(=O)C(O)C(C)(C)COP(=O)(O)OP(=O)(O)OCC1OC(n2cnc3c(N)ncnc32)C(O)C1OP(=O)(O)O. The molecule has 5 aromatic rings. The van der Waals surface area contributed by atoms with Gasteiger partial charge in [-0.2, -0.15) is 8.62 Å². The molecule has 48 nitrogen and oxygen atoms in total. The molecule has 0 saturated carbocycles. The van der Waals surface area contributed by atoms with Crippen molar-refractivity contribution in [2.24, 2.45) is 21.7 Å². The van der Waals surface area contributed by atoms with Crippen molar-refractivity contribution in [3.8, 4) is 0 Å². The third kappa shape index (κ3) is 30.6. The molecule has 7 rings (SSSR count). The van der Waals surface area contributed by atoms with Crippen LogP contribution in [0.2, 0.25) is 0 Å². The maximum atomic E-state index is 13.1. The number of benzene rings is 1. The summed E-state index contributed by atoms with van der Waals surface area (Å²) in [6.45, 7) is 8.05. The summed E-state index contributed by atoms with van der Waals surface area (Å²) in [5, 5.41) is 53.6. The van der Waals surface area contributed by atoms with Crippen LogP contribution in [0.15, 0.2) is 49.6 Å². The Morgan fingerprint density at radius 3 is 1.21 bits per heavy atom. The average molecular weight is 1800 g/mol. The lowest BCUT2D eigenvalue weighted by Gasteiger charge is -2.30. The molecule has 54 heteroatoms. The van der Waals surface area contributed by atoms with E-state index in [1.54, 1.807) is 0 Å². The topological polar surface area (TPSA) is 727 Å². The molecule has 4 amide bonds. The first-order chi connectivity index (χ1) is 54.6. The summed E-state index contributed by atoms with van der Waals surface area (Å²) in [6.07, 6.45) is -9.55. The van der Waals surface area contributed by atoms with E-state index in [0.29, 0.717) is 0 Å². The first-order valence-corrected chi connectivity index (χ1v) is 45.5. The summed E-state index contributed by atoms with van der Waals surface area (Å²) < 4.78 is 126. The average Bonchev–Trinajstić information content (AvgIpc) is 1.62. The molecule has 6 heterocycles. The highest BCUT2D eigenvalue weighted by molar-refractivity contribution is 7.61. The molecule has 0 bridgehead atoms. The highest BCUT2D eigenvalue weighted by atomic mass is 31.3. The van der Waals surface area contributed by atoms with E-state index in [2.05, 4.69) is 74.9 Å². The number of aromatic nitrogens is 8. The fourth-order valence-corrected chi connectivity index (χ4v) is 18.1. The number of phosphoric acid groups is 6. The lowest BCUT2D eigenvalue weighted by atomic mass is 9.81. The molecule has 0 aliphatic carbocycles. The number of nitrogens with one attached hydrogen (secondary N) is 4. The van der Waals surface area contributed by atoms with Crippen LogP contribution in [0, 0.1) is 21.7 Å². The maximum absolute atomic E-state index is 13.1. The molecule has 118 heavy (non-hydrogen) atoms. The Balaban J connectivity index is 0.708. The van der Waals surface area contributed by atoms with Crippen LogP contribution >= 0.6 is 46.9 Å². The molecule has 0 radical (unpaired) electrons. The lowest BCUT2D eigenvalue weighted by Crippen LogP contribution is -2.46. The van der Waals surface area contributed by atoms with Crippen LogP contribution in [-0.2, 0) is 114 Å². The number of nitrogen functional groups attached to an aromatic ring is 2. The van der Waals surface area contributed by atoms with E-state index >= 15 is 0 Å². The number of imidazole rings is 2. The molecule has 1 aromatic carbocycles. The molecule has 20 N–H and O–H groups in total. The maximum Gasteiger partial charge on any atom is 0.481 e. The number of ketones is 2. The normalized spacial score (nSPS) is 21.6. The first kappa shape index (κ1) is 98.7. The number of hydrogen-bond donors (Lipinski definition) is 18. The zero-order chi connectivity index (χ0) is 88.0. The van der Waals surface area contributed by atoms with Gasteiger partial charge in [0.05, 0.1) is 39.1 Å². The number of Topliss-reactive ketones (excluding diaryl/α,β-unsaturated/α-hetero) is 2. The van der Waals surface area contributed by atoms with Gasteiger partial charge < -0.3 is 102 Å². The molecule has 14 atom stereocenters. The number of aryl methyl sites for hydroxylation is 2. The highest BCUT2D eigenvalue weighted by Crippen LogP contribution is 2.63. The highest BCUT2D eigenvalue weighted by Gasteiger charge is 2.53. The van der Waals surface area contributed by atoms with Gasteiger partial charge in [0.1, 0.15) is 84.1 Å². The van der Waals surface area contributed by atoms with Gasteiger partial charge in [-0.25, -0.2) is 57.3 Å². The summed E-state index contributed by atoms with van der Waals surface area (Å²) >= 11 is 0. The quantitative estimate of drug-likeness (QED) is 0.0247. The van der Waals surface area contributed by atoms with Crippen LogP contribution in [0.3, 0.4) is 0 Å². The number of phosphoric ester groups is 6. The van der Waals surface area contributed by atoms with Crippen LogP contribution in [0.25, 0.3) is 22.3 Å². The van der Waals surface area contributed by atoms with E-state index in [1.807, 2.05) is 45.9 Å². The van der Waals surface area contributed by atoms with Crippen molar-refractivity contribution >= 4 is 116 Å². The van der Waals surface area contributed by atoms with Crippen molar-refractivity contribution in [2.45, 2.75) is 194 Å². The lowest BCUT2D eigenvalue weighted by molar-refractivity contribution is -0.137. The number of rotatable bonds is 50. The molecule has 2 aliphatic rings. The second-order valence-electron chi connectivity index (χ2n) is 30.9. The summed E-state index contributed by atoms with van der Waals surface area (Å²) in [5.41, 5.74) is 9.83. The molecule has 0 spiro atoms. The zero-order valence-electron chi connectivity index (χ0n) is 65.3. The predicted octanol–water partition coefficient (Wildman–Crippen LogP) is 1.92.